The molecule has 0 bridgehead atoms. The van der Waals surface area contributed by atoms with Gasteiger partial charge in [-0.2, -0.15) is 0 Å². The molecule has 1 fully saturated rings. The number of ether oxygens (including phenoxy) is 2. The summed E-state index contributed by atoms with van der Waals surface area (Å²) in [6, 6.07) is 1.96. The van der Waals surface area contributed by atoms with Crippen LogP contribution in [0, 0.1) is 0 Å². The van der Waals surface area contributed by atoms with E-state index in [-0.39, 0.29) is 12.0 Å². The number of piperidine rings is 1. The molecule has 0 aromatic carbocycles. The van der Waals surface area contributed by atoms with E-state index >= 15 is 0 Å². The van der Waals surface area contributed by atoms with Gasteiger partial charge in [-0.3, -0.25) is 0 Å². The Kier molecular flexibility index (Phi) is 5.79. The van der Waals surface area contributed by atoms with Gasteiger partial charge in [0, 0.05) is 18.7 Å². The zero-order chi connectivity index (χ0) is 17.2. The molecule has 2 heterocycles. The van der Waals surface area contributed by atoms with Crippen LogP contribution in [0.5, 0.6) is 5.88 Å². The van der Waals surface area contributed by atoms with Gasteiger partial charge in [0.05, 0.1) is 11.6 Å². The van der Waals surface area contributed by atoms with Crippen molar-refractivity contribution in [3.8, 4) is 5.88 Å². The molecule has 2 rings (SSSR count). The first kappa shape index (κ1) is 18.3. The second-order valence-electron chi connectivity index (χ2n) is 6.60. The Balaban J connectivity index is 2.05. The van der Waals surface area contributed by atoms with Crippen LogP contribution in [-0.4, -0.2) is 41.8 Å². The second kappa shape index (κ2) is 7.26. The molecule has 1 aliphatic heterocycles. The largest absolute Gasteiger partial charge is 0.481 e. The standard InChI is InChI=1S/C16H22BrClN2O3/c1-16(2,3)23-15(21)20-7-5-10(6-8-20)11-9-12(17)13(18)19-14(11)22-4/h9-10H,5-8H2,1-4H3. The van der Waals surface area contributed by atoms with E-state index in [1.165, 1.54) is 0 Å². The predicted octanol–water partition coefficient (Wildman–Crippen LogP) is 4.62. The number of methoxy groups -OCH3 is 1. The van der Waals surface area contributed by atoms with Crippen LogP contribution in [0.25, 0.3) is 0 Å². The summed E-state index contributed by atoms with van der Waals surface area (Å²) in [5.41, 5.74) is 0.551. The normalized spacial score (nSPS) is 16.3. The lowest BCUT2D eigenvalue weighted by molar-refractivity contribution is 0.0204. The number of carbonyl (C=O) groups excluding carboxylic acids is 1. The third kappa shape index (κ3) is 4.73. The van der Waals surface area contributed by atoms with Gasteiger partial charge in [0.15, 0.2) is 0 Å². The molecule has 5 nitrogen and oxygen atoms in total. The van der Waals surface area contributed by atoms with Gasteiger partial charge in [-0.05, 0) is 61.5 Å². The van der Waals surface area contributed by atoms with Crippen LogP contribution >= 0.6 is 27.5 Å². The highest BCUT2D eigenvalue weighted by atomic mass is 79.9. The number of aromatic nitrogens is 1. The highest BCUT2D eigenvalue weighted by Gasteiger charge is 2.29. The van der Waals surface area contributed by atoms with Crippen molar-refractivity contribution in [2.24, 2.45) is 0 Å². The van der Waals surface area contributed by atoms with E-state index in [2.05, 4.69) is 20.9 Å². The van der Waals surface area contributed by atoms with Crippen molar-refractivity contribution >= 4 is 33.6 Å². The molecule has 0 unspecified atom stereocenters. The molecule has 0 atom stereocenters. The Morgan fingerprint density at radius 2 is 2.00 bits per heavy atom. The van der Waals surface area contributed by atoms with E-state index in [0.717, 1.165) is 22.9 Å². The van der Waals surface area contributed by atoms with Gasteiger partial charge in [0.1, 0.15) is 10.8 Å². The van der Waals surface area contributed by atoms with Crippen LogP contribution in [0.4, 0.5) is 4.79 Å². The van der Waals surface area contributed by atoms with Crippen LogP contribution < -0.4 is 4.74 Å². The Morgan fingerprint density at radius 3 is 2.52 bits per heavy atom. The molecule has 1 amide bonds. The lowest BCUT2D eigenvalue weighted by Gasteiger charge is -2.33. The molecule has 128 valence electrons. The maximum Gasteiger partial charge on any atom is 0.410 e. The third-order valence-corrected chi connectivity index (χ3v) is 4.83. The Labute approximate surface area is 150 Å². The minimum Gasteiger partial charge on any atom is -0.481 e. The smallest absolute Gasteiger partial charge is 0.410 e. The van der Waals surface area contributed by atoms with Gasteiger partial charge < -0.3 is 14.4 Å². The first-order valence-corrected chi connectivity index (χ1v) is 8.76. The van der Waals surface area contributed by atoms with E-state index in [0.29, 0.717) is 24.1 Å². The maximum atomic E-state index is 12.1. The topological polar surface area (TPSA) is 51.7 Å². The number of likely N-dealkylation sites (tertiary alicyclic amines) is 1. The summed E-state index contributed by atoms with van der Waals surface area (Å²) in [5.74, 6) is 0.832. The molecule has 7 heteroatoms. The highest BCUT2D eigenvalue weighted by Crippen LogP contribution is 2.37. The Hall–Kier alpha value is -1.01. The van der Waals surface area contributed by atoms with Gasteiger partial charge in [-0.15, -0.1) is 0 Å². The fraction of sp³-hybridized carbons (Fsp3) is 0.625. The summed E-state index contributed by atoms with van der Waals surface area (Å²) in [6.07, 6.45) is 1.43. The molecule has 1 aromatic heterocycles. The van der Waals surface area contributed by atoms with E-state index in [4.69, 9.17) is 21.1 Å². The van der Waals surface area contributed by atoms with Crippen LogP contribution in [0.3, 0.4) is 0 Å². The minimum atomic E-state index is -0.470. The van der Waals surface area contributed by atoms with Crippen LogP contribution in [0.1, 0.15) is 45.1 Å². The molecule has 1 aliphatic rings. The molecule has 0 saturated carbocycles. The fourth-order valence-corrected chi connectivity index (χ4v) is 3.09. The molecule has 0 aliphatic carbocycles. The monoisotopic (exact) mass is 404 g/mol. The van der Waals surface area contributed by atoms with Crippen molar-refractivity contribution in [3.05, 3.63) is 21.3 Å². The molecular formula is C16H22BrClN2O3. The summed E-state index contributed by atoms with van der Waals surface area (Å²) in [5, 5.41) is 0.386. The van der Waals surface area contributed by atoms with Gasteiger partial charge in [0.25, 0.3) is 0 Å². The zero-order valence-electron chi connectivity index (χ0n) is 13.9. The number of carbonyl (C=O) groups is 1. The molecular weight excluding hydrogens is 384 g/mol. The Bertz CT molecular complexity index is 581. The summed E-state index contributed by atoms with van der Waals surface area (Å²) in [7, 11) is 1.59. The van der Waals surface area contributed by atoms with Crippen LogP contribution in [0.15, 0.2) is 10.5 Å². The SMILES string of the molecule is COc1nc(Cl)c(Br)cc1C1CCN(C(=O)OC(C)(C)C)CC1. The van der Waals surface area contributed by atoms with Crippen molar-refractivity contribution in [2.75, 3.05) is 20.2 Å². The lowest BCUT2D eigenvalue weighted by atomic mass is 9.90. The first-order valence-electron chi connectivity index (χ1n) is 7.59. The van der Waals surface area contributed by atoms with Gasteiger partial charge in [0.2, 0.25) is 5.88 Å². The quantitative estimate of drug-likeness (QED) is 0.674. The van der Waals surface area contributed by atoms with Crippen molar-refractivity contribution < 1.29 is 14.3 Å². The number of nitrogens with zero attached hydrogens (tertiary/aromatic N) is 2. The summed E-state index contributed by atoms with van der Waals surface area (Å²) in [4.78, 5) is 18.1. The third-order valence-electron chi connectivity index (χ3n) is 3.71. The highest BCUT2D eigenvalue weighted by molar-refractivity contribution is 9.10. The first-order chi connectivity index (χ1) is 10.7. The number of halogens is 2. The molecule has 1 aromatic rings. The Morgan fingerprint density at radius 1 is 1.39 bits per heavy atom. The maximum absolute atomic E-state index is 12.1. The number of pyridine rings is 1. The summed E-state index contributed by atoms with van der Waals surface area (Å²) >= 11 is 9.43. The van der Waals surface area contributed by atoms with E-state index < -0.39 is 5.60 Å². The minimum absolute atomic E-state index is 0.252. The molecule has 23 heavy (non-hydrogen) atoms. The van der Waals surface area contributed by atoms with Crippen LogP contribution in [0.2, 0.25) is 5.15 Å². The number of amides is 1. The summed E-state index contributed by atoms with van der Waals surface area (Å²) in [6.45, 7) is 6.93. The van der Waals surface area contributed by atoms with Gasteiger partial charge in [-0.1, -0.05) is 11.6 Å². The van der Waals surface area contributed by atoms with Crippen molar-refractivity contribution in [2.45, 2.75) is 45.1 Å². The van der Waals surface area contributed by atoms with E-state index in [1.807, 2.05) is 26.8 Å². The zero-order valence-corrected chi connectivity index (χ0v) is 16.2. The number of rotatable bonds is 2. The number of hydrogen-bond donors (Lipinski definition) is 0. The van der Waals surface area contributed by atoms with E-state index in [9.17, 15) is 4.79 Å². The lowest BCUT2D eigenvalue weighted by Crippen LogP contribution is -2.41. The molecule has 0 spiro atoms. The fourth-order valence-electron chi connectivity index (χ4n) is 2.62. The molecule has 0 N–H and O–H groups in total. The predicted molar refractivity (Wildman–Crippen MR) is 93.3 cm³/mol. The van der Waals surface area contributed by atoms with Crippen molar-refractivity contribution in [1.29, 1.82) is 0 Å². The van der Waals surface area contributed by atoms with Crippen LogP contribution in [-0.2, 0) is 4.74 Å². The molecule has 0 radical (unpaired) electrons. The van der Waals surface area contributed by atoms with Gasteiger partial charge in [-0.25, -0.2) is 9.78 Å². The second-order valence-corrected chi connectivity index (χ2v) is 7.81. The molecule has 1 saturated heterocycles. The average molecular weight is 406 g/mol. The van der Waals surface area contributed by atoms with Crippen molar-refractivity contribution in [1.82, 2.24) is 9.88 Å². The van der Waals surface area contributed by atoms with Crippen molar-refractivity contribution in [3.63, 3.8) is 0 Å². The van der Waals surface area contributed by atoms with E-state index in [1.54, 1.807) is 12.0 Å². The summed E-state index contributed by atoms with van der Waals surface area (Å²) < 4.78 is 11.5. The average Bonchev–Trinajstić information content (AvgIpc) is 2.48. The van der Waals surface area contributed by atoms with Gasteiger partial charge >= 0.3 is 6.09 Å². The number of hydrogen-bond acceptors (Lipinski definition) is 4.